The monoisotopic (exact) mass is 503 g/mol. The first kappa shape index (κ1) is 24.1. The van der Waals surface area contributed by atoms with Gasteiger partial charge in [-0.25, -0.2) is 4.79 Å². The van der Waals surface area contributed by atoms with Gasteiger partial charge in [0.25, 0.3) is 0 Å². The normalized spacial score (nSPS) is 12.8. The number of para-hydroxylation sites is 1. The van der Waals surface area contributed by atoms with Crippen LogP contribution >= 0.6 is 0 Å². The van der Waals surface area contributed by atoms with Crippen LogP contribution in [0.25, 0.3) is 11.0 Å². The number of carbonyl (C=O) groups is 1. The van der Waals surface area contributed by atoms with Crippen molar-refractivity contribution in [1.82, 2.24) is 5.32 Å². The van der Waals surface area contributed by atoms with Crippen LogP contribution in [0.2, 0.25) is 0 Å². The predicted molar refractivity (Wildman–Crippen MR) is 135 cm³/mol. The standard InChI is InChI=1S/C28H25NO8/c1-33-18-9-7-16(8-10-18)14-29-24(30)13-20(17-11-22(34-2)27-23(12-17)35-15-36-27)25-26(31)19-5-3-4-6-21(19)37-28(25)32/h3-12,20,31H,13-15H2,1-2H3,(H,29,30)/t20-/m1/s1. The molecule has 4 aromatic rings. The van der Waals surface area contributed by atoms with Crippen molar-refractivity contribution in [1.29, 1.82) is 0 Å². The van der Waals surface area contributed by atoms with Crippen LogP contribution in [0.4, 0.5) is 0 Å². The number of aromatic hydroxyl groups is 1. The number of methoxy groups -OCH3 is 2. The molecule has 0 bridgehead atoms. The quantitative estimate of drug-likeness (QED) is 0.346. The second-order valence-corrected chi connectivity index (χ2v) is 8.49. The molecule has 37 heavy (non-hydrogen) atoms. The maximum absolute atomic E-state index is 13.1. The molecule has 0 radical (unpaired) electrons. The van der Waals surface area contributed by atoms with Crippen molar-refractivity contribution >= 4 is 16.9 Å². The molecule has 1 aromatic heterocycles. The molecule has 0 spiro atoms. The van der Waals surface area contributed by atoms with E-state index in [2.05, 4.69) is 5.32 Å². The molecule has 0 unspecified atom stereocenters. The maximum Gasteiger partial charge on any atom is 0.343 e. The lowest BCUT2D eigenvalue weighted by Crippen LogP contribution is -2.26. The van der Waals surface area contributed by atoms with E-state index >= 15 is 0 Å². The summed E-state index contributed by atoms with van der Waals surface area (Å²) in [5.41, 5.74) is 0.891. The van der Waals surface area contributed by atoms with E-state index in [-0.39, 0.29) is 42.6 Å². The molecule has 9 nitrogen and oxygen atoms in total. The molecular formula is C28H25NO8. The molecule has 0 fully saturated rings. The summed E-state index contributed by atoms with van der Waals surface area (Å²) in [5, 5.41) is 14.4. The molecule has 1 aliphatic heterocycles. The molecule has 5 rings (SSSR count). The Morgan fingerprint density at radius 2 is 1.84 bits per heavy atom. The minimum absolute atomic E-state index is 0.0194. The minimum atomic E-state index is -0.861. The van der Waals surface area contributed by atoms with E-state index in [4.69, 9.17) is 23.4 Å². The topological polar surface area (TPSA) is 116 Å². The highest BCUT2D eigenvalue weighted by Crippen LogP contribution is 2.46. The summed E-state index contributed by atoms with van der Waals surface area (Å²) in [5.74, 6) is 0.524. The Kier molecular flexibility index (Phi) is 6.59. The lowest BCUT2D eigenvalue weighted by molar-refractivity contribution is -0.121. The number of hydrogen-bond acceptors (Lipinski definition) is 8. The number of carbonyl (C=O) groups excluding carboxylic acids is 1. The molecule has 0 saturated carbocycles. The van der Waals surface area contributed by atoms with Gasteiger partial charge in [-0.3, -0.25) is 4.79 Å². The van der Waals surface area contributed by atoms with Gasteiger partial charge in [0.15, 0.2) is 11.5 Å². The zero-order chi connectivity index (χ0) is 25.9. The summed E-state index contributed by atoms with van der Waals surface area (Å²) in [7, 11) is 3.07. The Hall–Kier alpha value is -4.66. The average Bonchev–Trinajstić information content (AvgIpc) is 3.40. The number of ether oxygens (including phenoxy) is 4. The van der Waals surface area contributed by atoms with Crippen molar-refractivity contribution in [2.75, 3.05) is 21.0 Å². The largest absolute Gasteiger partial charge is 0.507 e. The smallest absolute Gasteiger partial charge is 0.343 e. The van der Waals surface area contributed by atoms with E-state index in [1.54, 1.807) is 43.5 Å². The van der Waals surface area contributed by atoms with Gasteiger partial charge in [0, 0.05) is 18.9 Å². The lowest BCUT2D eigenvalue weighted by atomic mass is 9.87. The second kappa shape index (κ2) is 10.1. The van der Waals surface area contributed by atoms with Gasteiger partial charge in [-0.1, -0.05) is 24.3 Å². The predicted octanol–water partition coefficient (Wildman–Crippen LogP) is 4.08. The highest BCUT2D eigenvalue weighted by Gasteiger charge is 2.30. The summed E-state index contributed by atoms with van der Waals surface area (Å²) < 4.78 is 27.2. The van der Waals surface area contributed by atoms with E-state index in [0.29, 0.717) is 33.9 Å². The fourth-order valence-corrected chi connectivity index (χ4v) is 4.39. The third kappa shape index (κ3) is 4.75. The molecule has 0 saturated heterocycles. The molecule has 1 amide bonds. The van der Waals surface area contributed by atoms with Crippen molar-refractivity contribution < 1.29 is 33.3 Å². The van der Waals surface area contributed by atoms with Gasteiger partial charge in [0.05, 0.1) is 25.2 Å². The van der Waals surface area contributed by atoms with Gasteiger partial charge in [-0.2, -0.15) is 0 Å². The van der Waals surface area contributed by atoms with Crippen LogP contribution in [0.1, 0.15) is 29.0 Å². The Bertz CT molecular complexity index is 1510. The summed E-state index contributed by atoms with van der Waals surface area (Å²) in [4.78, 5) is 26.3. The Balaban J connectivity index is 1.52. The molecule has 0 aliphatic carbocycles. The van der Waals surface area contributed by atoms with E-state index in [0.717, 1.165) is 5.56 Å². The van der Waals surface area contributed by atoms with E-state index in [1.165, 1.54) is 7.11 Å². The van der Waals surface area contributed by atoms with Crippen LogP contribution in [0.3, 0.4) is 0 Å². The Morgan fingerprint density at radius 1 is 1.05 bits per heavy atom. The molecule has 1 aliphatic rings. The van der Waals surface area contributed by atoms with Crippen molar-refractivity contribution in [2.24, 2.45) is 0 Å². The second-order valence-electron chi connectivity index (χ2n) is 8.49. The molecule has 190 valence electrons. The first-order valence-electron chi connectivity index (χ1n) is 11.6. The van der Waals surface area contributed by atoms with Crippen LogP contribution in [-0.4, -0.2) is 32.0 Å². The van der Waals surface area contributed by atoms with Gasteiger partial charge in [0.1, 0.15) is 17.1 Å². The third-order valence-corrected chi connectivity index (χ3v) is 6.29. The van der Waals surface area contributed by atoms with Crippen LogP contribution in [0.15, 0.2) is 69.9 Å². The molecule has 3 aromatic carbocycles. The zero-order valence-electron chi connectivity index (χ0n) is 20.3. The number of hydrogen-bond donors (Lipinski definition) is 2. The molecule has 2 heterocycles. The van der Waals surface area contributed by atoms with Crippen LogP contribution in [0.5, 0.6) is 28.7 Å². The van der Waals surface area contributed by atoms with Crippen molar-refractivity contribution in [3.05, 3.63) is 87.8 Å². The number of amides is 1. The van der Waals surface area contributed by atoms with Crippen molar-refractivity contribution in [3.63, 3.8) is 0 Å². The van der Waals surface area contributed by atoms with Crippen molar-refractivity contribution in [3.8, 4) is 28.7 Å². The highest BCUT2D eigenvalue weighted by molar-refractivity contribution is 5.85. The first-order chi connectivity index (χ1) is 18.0. The Labute approximate surface area is 212 Å². The minimum Gasteiger partial charge on any atom is -0.507 e. The van der Waals surface area contributed by atoms with Crippen LogP contribution in [0, 0.1) is 0 Å². The summed E-state index contributed by atoms with van der Waals surface area (Å²) >= 11 is 0. The molecule has 1 atom stereocenters. The van der Waals surface area contributed by atoms with Crippen LogP contribution < -0.4 is 29.9 Å². The molecule has 9 heteroatoms. The number of rotatable bonds is 8. The lowest BCUT2D eigenvalue weighted by Gasteiger charge is -2.20. The number of fused-ring (bicyclic) bond motifs is 2. The van der Waals surface area contributed by atoms with Gasteiger partial charge < -0.3 is 33.8 Å². The van der Waals surface area contributed by atoms with Crippen molar-refractivity contribution in [2.45, 2.75) is 18.9 Å². The zero-order valence-corrected chi connectivity index (χ0v) is 20.3. The van der Waals surface area contributed by atoms with E-state index in [1.807, 2.05) is 24.3 Å². The van der Waals surface area contributed by atoms with E-state index in [9.17, 15) is 14.7 Å². The summed E-state index contributed by atoms with van der Waals surface area (Å²) in [6, 6.07) is 17.3. The number of nitrogens with one attached hydrogen (secondary N) is 1. The SMILES string of the molecule is COc1ccc(CNC(=O)C[C@H](c2cc(OC)c3c(c2)OCO3)c2c(O)c3ccccc3oc2=O)cc1. The van der Waals surface area contributed by atoms with Gasteiger partial charge in [-0.15, -0.1) is 0 Å². The maximum atomic E-state index is 13.1. The molecular weight excluding hydrogens is 478 g/mol. The fourth-order valence-electron chi connectivity index (χ4n) is 4.39. The third-order valence-electron chi connectivity index (χ3n) is 6.29. The summed E-state index contributed by atoms with van der Waals surface area (Å²) in [6.07, 6.45) is -0.143. The van der Waals surface area contributed by atoms with E-state index < -0.39 is 11.5 Å². The van der Waals surface area contributed by atoms with Gasteiger partial charge in [0.2, 0.25) is 18.4 Å². The average molecular weight is 504 g/mol. The van der Waals surface area contributed by atoms with Gasteiger partial charge in [-0.05, 0) is 47.5 Å². The molecule has 2 N–H and O–H groups in total. The van der Waals surface area contributed by atoms with Crippen LogP contribution in [-0.2, 0) is 11.3 Å². The number of benzene rings is 3. The highest BCUT2D eigenvalue weighted by atomic mass is 16.7. The Morgan fingerprint density at radius 3 is 2.59 bits per heavy atom. The van der Waals surface area contributed by atoms with Gasteiger partial charge >= 0.3 is 5.63 Å². The summed E-state index contributed by atoms with van der Waals surface area (Å²) in [6.45, 7) is 0.295. The first-order valence-corrected chi connectivity index (χ1v) is 11.6. The fraction of sp³-hybridized carbons (Fsp3) is 0.214.